The highest BCUT2D eigenvalue weighted by Crippen LogP contribution is 1.88. The SMILES string of the molecule is [2H]C(C#N)CCC. The van der Waals surface area contributed by atoms with E-state index >= 15 is 0 Å². The molecule has 1 atom stereocenters. The molecule has 6 heavy (non-hydrogen) atoms. The van der Waals surface area contributed by atoms with E-state index in [0.29, 0.717) is 6.42 Å². The lowest BCUT2D eigenvalue weighted by molar-refractivity contribution is 0.822. The lowest BCUT2D eigenvalue weighted by Gasteiger charge is -1.77. The van der Waals surface area contributed by atoms with Crippen molar-refractivity contribution in [3.8, 4) is 6.07 Å². The Balaban J connectivity index is 3.04. The van der Waals surface area contributed by atoms with E-state index in [0.717, 1.165) is 6.42 Å². The minimum Gasteiger partial charge on any atom is -0.198 e. The highest BCUT2D eigenvalue weighted by atomic mass is 14.2. The van der Waals surface area contributed by atoms with E-state index in [1.54, 1.807) is 0 Å². The maximum absolute atomic E-state index is 8.03. The van der Waals surface area contributed by atoms with E-state index < -0.39 is 6.40 Å². The molecule has 0 spiro atoms. The molecule has 0 bridgehead atoms. The fourth-order valence-electron chi connectivity index (χ4n) is 0.209. The molecule has 0 saturated carbocycles. The van der Waals surface area contributed by atoms with Gasteiger partial charge >= 0.3 is 0 Å². The first kappa shape index (κ1) is 3.67. The highest BCUT2D eigenvalue weighted by Gasteiger charge is 1.74. The number of hydrogen-bond donors (Lipinski definition) is 0. The van der Waals surface area contributed by atoms with Gasteiger partial charge in [-0.15, -0.1) is 0 Å². The van der Waals surface area contributed by atoms with Crippen molar-refractivity contribution in [2.45, 2.75) is 26.2 Å². The second kappa shape index (κ2) is 4.49. The largest absolute Gasteiger partial charge is 0.198 e. The summed E-state index contributed by atoms with van der Waals surface area (Å²) in [5.41, 5.74) is 0. The van der Waals surface area contributed by atoms with Crippen LogP contribution in [0.15, 0.2) is 0 Å². The van der Waals surface area contributed by atoms with Gasteiger partial charge in [0.05, 0.1) is 6.07 Å². The van der Waals surface area contributed by atoms with Gasteiger partial charge < -0.3 is 0 Å². The Morgan fingerprint density at radius 2 is 2.67 bits per heavy atom. The molecule has 0 aliphatic heterocycles. The van der Waals surface area contributed by atoms with Gasteiger partial charge in [0.25, 0.3) is 0 Å². The molecule has 34 valence electrons. The van der Waals surface area contributed by atoms with Gasteiger partial charge in [-0.1, -0.05) is 13.3 Å². The average Bonchev–Trinajstić information content (AvgIpc) is 1.68. The first-order chi connectivity index (χ1) is 3.31. The van der Waals surface area contributed by atoms with Crippen molar-refractivity contribution < 1.29 is 1.37 Å². The second-order valence-corrected chi connectivity index (χ2v) is 1.12. The van der Waals surface area contributed by atoms with E-state index in [4.69, 9.17) is 6.63 Å². The molecule has 1 unspecified atom stereocenters. The van der Waals surface area contributed by atoms with E-state index in [2.05, 4.69) is 0 Å². The molecule has 0 radical (unpaired) electrons. The summed E-state index contributed by atoms with van der Waals surface area (Å²) in [6.45, 7) is 1.97. The molecule has 0 saturated heterocycles. The minimum absolute atomic E-state index is 0.495. The van der Waals surface area contributed by atoms with Crippen LogP contribution in [0.5, 0.6) is 0 Å². The molecule has 1 nitrogen and oxygen atoms in total. The summed E-state index contributed by atoms with van der Waals surface area (Å²) < 4.78 is 6.86. The molecule has 0 fully saturated rings. The van der Waals surface area contributed by atoms with E-state index in [1.807, 2.05) is 13.0 Å². The minimum atomic E-state index is -0.495. The zero-order chi connectivity index (χ0) is 5.70. The quantitative estimate of drug-likeness (QED) is 0.499. The van der Waals surface area contributed by atoms with Crippen LogP contribution in [0.4, 0.5) is 0 Å². The zero-order valence-electron chi connectivity index (χ0n) is 4.94. The standard InChI is InChI=1S/C5H9N/c1-2-3-4-5-6/h2-4H2,1H3/i4D. The average molecular weight is 84.1 g/mol. The molecule has 0 rings (SSSR count). The Labute approximate surface area is 40.0 Å². The van der Waals surface area contributed by atoms with Crippen LogP contribution in [0, 0.1) is 11.3 Å². The first-order valence-corrected chi connectivity index (χ1v) is 2.13. The Morgan fingerprint density at radius 1 is 2.00 bits per heavy atom. The predicted octanol–water partition coefficient (Wildman–Crippen LogP) is 1.70. The van der Waals surface area contributed by atoms with Crippen molar-refractivity contribution in [3.05, 3.63) is 0 Å². The Hall–Kier alpha value is -0.510. The predicted molar refractivity (Wildman–Crippen MR) is 25.1 cm³/mol. The van der Waals surface area contributed by atoms with Crippen LogP contribution in [0.25, 0.3) is 0 Å². The molecule has 0 N–H and O–H groups in total. The molecule has 0 aliphatic carbocycles. The number of nitriles is 1. The van der Waals surface area contributed by atoms with Crippen LogP contribution in [0.1, 0.15) is 27.5 Å². The van der Waals surface area contributed by atoms with Gasteiger partial charge in [0.1, 0.15) is 0 Å². The van der Waals surface area contributed by atoms with Crippen molar-refractivity contribution in [1.29, 1.82) is 5.26 Å². The number of nitrogens with zero attached hydrogens (tertiary/aromatic N) is 1. The molecule has 0 aromatic heterocycles. The van der Waals surface area contributed by atoms with Gasteiger partial charge in [-0.05, 0) is 6.42 Å². The van der Waals surface area contributed by atoms with E-state index in [1.165, 1.54) is 0 Å². The van der Waals surface area contributed by atoms with Crippen LogP contribution >= 0.6 is 0 Å². The van der Waals surface area contributed by atoms with Gasteiger partial charge in [-0.3, -0.25) is 0 Å². The summed E-state index contributed by atoms with van der Waals surface area (Å²) in [6, 6.07) is 1.83. The first-order valence-electron chi connectivity index (χ1n) is 2.70. The summed E-state index contributed by atoms with van der Waals surface area (Å²) in [5.74, 6) is 0. The highest BCUT2D eigenvalue weighted by molar-refractivity contribution is 4.66. The summed E-state index contributed by atoms with van der Waals surface area (Å²) in [6.07, 6.45) is 1.14. The van der Waals surface area contributed by atoms with Gasteiger partial charge in [0, 0.05) is 7.77 Å². The fraction of sp³-hybridized carbons (Fsp3) is 0.800. The molecular formula is C5H9N. The summed E-state index contributed by atoms with van der Waals surface area (Å²) in [4.78, 5) is 0. The van der Waals surface area contributed by atoms with Crippen LogP contribution in [-0.2, 0) is 0 Å². The molecule has 0 heterocycles. The van der Waals surface area contributed by atoms with Crippen molar-refractivity contribution >= 4 is 0 Å². The third-order valence-electron chi connectivity index (χ3n) is 0.524. The lowest BCUT2D eigenvalue weighted by Crippen LogP contribution is -1.62. The van der Waals surface area contributed by atoms with Crippen molar-refractivity contribution in [2.24, 2.45) is 0 Å². The van der Waals surface area contributed by atoms with Crippen molar-refractivity contribution in [3.63, 3.8) is 0 Å². The smallest absolute Gasteiger partial charge is 0.0621 e. The third kappa shape index (κ3) is 3.49. The van der Waals surface area contributed by atoms with Gasteiger partial charge in [-0.25, -0.2) is 0 Å². The van der Waals surface area contributed by atoms with Crippen molar-refractivity contribution in [1.82, 2.24) is 0 Å². The lowest BCUT2D eigenvalue weighted by atomic mass is 10.3. The van der Waals surface area contributed by atoms with Crippen LogP contribution in [-0.4, -0.2) is 0 Å². The molecule has 0 aliphatic rings. The van der Waals surface area contributed by atoms with Crippen molar-refractivity contribution in [2.75, 3.05) is 0 Å². The maximum Gasteiger partial charge on any atom is 0.0621 e. The van der Waals surface area contributed by atoms with E-state index in [9.17, 15) is 0 Å². The molecule has 1 heteroatoms. The monoisotopic (exact) mass is 84.1 g/mol. The zero-order valence-corrected chi connectivity index (χ0v) is 3.94. The number of hydrogen-bond acceptors (Lipinski definition) is 1. The molecular weight excluding hydrogens is 74.1 g/mol. The van der Waals surface area contributed by atoms with Crippen LogP contribution < -0.4 is 0 Å². The maximum atomic E-state index is 8.03. The fourth-order valence-corrected chi connectivity index (χ4v) is 0.209. The van der Waals surface area contributed by atoms with Gasteiger partial charge in [0.2, 0.25) is 0 Å². The second-order valence-electron chi connectivity index (χ2n) is 1.12. The Kier molecular flexibility index (Phi) is 2.75. The molecule has 0 aromatic carbocycles. The molecule has 0 amide bonds. The van der Waals surface area contributed by atoms with Crippen LogP contribution in [0.3, 0.4) is 0 Å². The van der Waals surface area contributed by atoms with Gasteiger partial charge in [-0.2, -0.15) is 5.26 Å². The summed E-state index contributed by atoms with van der Waals surface area (Å²) >= 11 is 0. The summed E-state index contributed by atoms with van der Waals surface area (Å²) in [5, 5.41) is 8.03. The number of rotatable bonds is 2. The van der Waals surface area contributed by atoms with Gasteiger partial charge in [0.15, 0.2) is 0 Å². The summed E-state index contributed by atoms with van der Waals surface area (Å²) in [7, 11) is 0. The molecule has 0 aromatic rings. The topological polar surface area (TPSA) is 23.8 Å². The van der Waals surface area contributed by atoms with E-state index in [-0.39, 0.29) is 0 Å². The Bertz CT molecular complexity index is 74.6. The normalized spacial score (nSPS) is 15.0. The third-order valence-corrected chi connectivity index (χ3v) is 0.524. The Morgan fingerprint density at radius 3 is 2.83 bits per heavy atom. The van der Waals surface area contributed by atoms with Crippen LogP contribution in [0.2, 0.25) is 0 Å².